The number of benzene rings is 1. The Morgan fingerprint density at radius 3 is 2.61 bits per heavy atom. The van der Waals surface area contributed by atoms with Crippen LogP contribution in [0.15, 0.2) is 21.1 Å². The van der Waals surface area contributed by atoms with Gasteiger partial charge in [0.2, 0.25) is 0 Å². The van der Waals surface area contributed by atoms with Crippen LogP contribution in [0.2, 0.25) is 0 Å². The van der Waals surface area contributed by atoms with Crippen molar-refractivity contribution in [2.75, 3.05) is 13.2 Å². The second kappa shape index (κ2) is 6.89. The normalized spacial score (nSPS) is 19.2. The Morgan fingerprint density at radius 1 is 1.33 bits per heavy atom. The first-order chi connectivity index (χ1) is 8.70. The molecule has 0 spiro atoms. The molecule has 1 heterocycles. The molecule has 1 aliphatic rings. The molecule has 0 amide bonds. The molecule has 1 atom stereocenters. The highest BCUT2D eigenvalue weighted by molar-refractivity contribution is 9.11. The predicted octanol–water partition coefficient (Wildman–Crippen LogP) is 3.62. The summed E-state index contributed by atoms with van der Waals surface area (Å²) in [6.07, 6.45) is 3.63. The standard InChI is InChI=1S/C13H17Br2NO2/c14-11-6-9(8-16)7-12(15)13(11)18-5-3-10-2-1-4-17-10/h6-7,10H,1-5,8,16H2. The van der Waals surface area contributed by atoms with E-state index in [1.54, 1.807) is 0 Å². The quantitative estimate of drug-likeness (QED) is 0.850. The van der Waals surface area contributed by atoms with E-state index < -0.39 is 0 Å². The summed E-state index contributed by atoms with van der Waals surface area (Å²) in [5, 5.41) is 0. The summed E-state index contributed by atoms with van der Waals surface area (Å²) in [7, 11) is 0. The van der Waals surface area contributed by atoms with Gasteiger partial charge in [0.05, 0.1) is 21.7 Å². The fourth-order valence-electron chi connectivity index (χ4n) is 2.03. The smallest absolute Gasteiger partial charge is 0.147 e. The number of hydrogen-bond acceptors (Lipinski definition) is 3. The lowest BCUT2D eigenvalue weighted by atomic mass is 10.2. The summed E-state index contributed by atoms with van der Waals surface area (Å²) in [4.78, 5) is 0. The summed E-state index contributed by atoms with van der Waals surface area (Å²) in [6.45, 7) is 2.08. The Kier molecular flexibility index (Phi) is 5.48. The van der Waals surface area contributed by atoms with Gasteiger partial charge in [-0.1, -0.05) is 0 Å². The summed E-state index contributed by atoms with van der Waals surface area (Å²) in [6, 6.07) is 3.98. The summed E-state index contributed by atoms with van der Waals surface area (Å²) >= 11 is 7.02. The van der Waals surface area contributed by atoms with E-state index in [1.165, 1.54) is 6.42 Å². The van der Waals surface area contributed by atoms with Gasteiger partial charge in [0, 0.05) is 19.6 Å². The molecular weight excluding hydrogens is 362 g/mol. The monoisotopic (exact) mass is 377 g/mol. The Morgan fingerprint density at radius 2 is 2.06 bits per heavy atom. The van der Waals surface area contributed by atoms with Crippen LogP contribution in [0.5, 0.6) is 5.75 Å². The van der Waals surface area contributed by atoms with Crippen LogP contribution < -0.4 is 10.5 Å². The lowest BCUT2D eigenvalue weighted by molar-refractivity contribution is 0.0901. The summed E-state index contributed by atoms with van der Waals surface area (Å²) < 4.78 is 13.3. The highest BCUT2D eigenvalue weighted by Crippen LogP contribution is 2.35. The van der Waals surface area contributed by atoms with Crippen LogP contribution in [0.4, 0.5) is 0 Å². The largest absolute Gasteiger partial charge is 0.491 e. The van der Waals surface area contributed by atoms with Gasteiger partial charge in [-0.2, -0.15) is 0 Å². The predicted molar refractivity (Wildman–Crippen MR) is 78.8 cm³/mol. The van der Waals surface area contributed by atoms with Gasteiger partial charge < -0.3 is 15.2 Å². The molecule has 1 aromatic rings. The third-order valence-electron chi connectivity index (χ3n) is 3.00. The van der Waals surface area contributed by atoms with Gasteiger partial charge in [-0.15, -0.1) is 0 Å². The molecule has 1 saturated heterocycles. The van der Waals surface area contributed by atoms with E-state index in [0.717, 1.165) is 39.7 Å². The van der Waals surface area contributed by atoms with Crippen molar-refractivity contribution >= 4 is 31.9 Å². The third kappa shape index (κ3) is 3.70. The van der Waals surface area contributed by atoms with Crippen LogP contribution in [0.1, 0.15) is 24.8 Å². The lowest BCUT2D eigenvalue weighted by Gasteiger charge is -2.14. The molecule has 18 heavy (non-hydrogen) atoms. The van der Waals surface area contributed by atoms with Crippen molar-refractivity contribution in [2.24, 2.45) is 5.73 Å². The Labute approximate surface area is 124 Å². The van der Waals surface area contributed by atoms with E-state index in [0.29, 0.717) is 19.3 Å². The zero-order valence-corrected chi connectivity index (χ0v) is 13.3. The SMILES string of the molecule is NCc1cc(Br)c(OCCC2CCCO2)c(Br)c1. The van der Waals surface area contributed by atoms with Gasteiger partial charge in [0.1, 0.15) is 5.75 Å². The van der Waals surface area contributed by atoms with Crippen LogP contribution >= 0.6 is 31.9 Å². The molecule has 5 heteroatoms. The Bertz CT molecular complexity index is 383. The molecular formula is C13H17Br2NO2. The van der Waals surface area contributed by atoms with Crippen LogP contribution in [0.25, 0.3) is 0 Å². The molecule has 1 aliphatic heterocycles. The fourth-order valence-corrected chi connectivity index (χ4v) is 3.54. The molecule has 100 valence electrons. The van der Waals surface area contributed by atoms with Gasteiger partial charge in [-0.25, -0.2) is 0 Å². The zero-order valence-electron chi connectivity index (χ0n) is 10.1. The van der Waals surface area contributed by atoms with Gasteiger partial charge in [-0.3, -0.25) is 0 Å². The minimum atomic E-state index is 0.367. The number of nitrogens with two attached hydrogens (primary N) is 1. The van der Waals surface area contributed by atoms with Gasteiger partial charge in [0.15, 0.2) is 0 Å². The van der Waals surface area contributed by atoms with Gasteiger partial charge in [0.25, 0.3) is 0 Å². The molecule has 0 aromatic heterocycles. The molecule has 0 aliphatic carbocycles. The molecule has 1 aromatic carbocycles. The second-order valence-electron chi connectivity index (χ2n) is 4.36. The van der Waals surface area contributed by atoms with Crippen molar-refractivity contribution in [1.82, 2.24) is 0 Å². The van der Waals surface area contributed by atoms with Crippen LogP contribution in [-0.4, -0.2) is 19.3 Å². The number of halogens is 2. The third-order valence-corrected chi connectivity index (χ3v) is 4.18. The van der Waals surface area contributed by atoms with E-state index in [4.69, 9.17) is 15.2 Å². The molecule has 0 saturated carbocycles. The number of ether oxygens (including phenoxy) is 2. The van der Waals surface area contributed by atoms with Crippen molar-refractivity contribution in [2.45, 2.75) is 31.9 Å². The minimum Gasteiger partial charge on any atom is -0.491 e. The van der Waals surface area contributed by atoms with Crippen LogP contribution in [-0.2, 0) is 11.3 Å². The van der Waals surface area contributed by atoms with Crippen LogP contribution in [0.3, 0.4) is 0 Å². The highest BCUT2D eigenvalue weighted by Gasteiger charge is 2.16. The van der Waals surface area contributed by atoms with E-state index in [-0.39, 0.29) is 0 Å². The van der Waals surface area contributed by atoms with Crippen molar-refractivity contribution in [3.05, 3.63) is 26.6 Å². The van der Waals surface area contributed by atoms with Crippen LogP contribution in [0, 0.1) is 0 Å². The Hall–Kier alpha value is -0.100. The average molecular weight is 379 g/mol. The van der Waals surface area contributed by atoms with E-state index >= 15 is 0 Å². The average Bonchev–Trinajstić information content (AvgIpc) is 2.85. The molecule has 2 rings (SSSR count). The van der Waals surface area contributed by atoms with Crippen molar-refractivity contribution < 1.29 is 9.47 Å². The van der Waals surface area contributed by atoms with Crippen molar-refractivity contribution in [3.63, 3.8) is 0 Å². The summed E-state index contributed by atoms with van der Waals surface area (Å²) in [5.41, 5.74) is 6.69. The highest BCUT2D eigenvalue weighted by atomic mass is 79.9. The molecule has 0 radical (unpaired) electrons. The van der Waals surface area contributed by atoms with Crippen molar-refractivity contribution in [1.29, 1.82) is 0 Å². The second-order valence-corrected chi connectivity index (χ2v) is 6.07. The Balaban J connectivity index is 1.92. The molecule has 3 nitrogen and oxygen atoms in total. The van der Waals surface area contributed by atoms with E-state index in [2.05, 4.69) is 31.9 Å². The first-order valence-corrected chi connectivity index (χ1v) is 7.71. The van der Waals surface area contributed by atoms with E-state index in [1.807, 2.05) is 12.1 Å². The van der Waals surface area contributed by atoms with Gasteiger partial charge >= 0.3 is 0 Å². The first-order valence-electron chi connectivity index (χ1n) is 6.13. The molecule has 0 bridgehead atoms. The lowest BCUT2D eigenvalue weighted by Crippen LogP contribution is -2.11. The van der Waals surface area contributed by atoms with Crippen molar-refractivity contribution in [3.8, 4) is 5.75 Å². The molecule has 1 unspecified atom stereocenters. The van der Waals surface area contributed by atoms with E-state index in [9.17, 15) is 0 Å². The first kappa shape index (κ1) is 14.3. The maximum absolute atomic E-state index is 5.81. The fraction of sp³-hybridized carbons (Fsp3) is 0.538. The summed E-state index contributed by atoms with van der Waals surface area (Å²) in [5.74, 6) is 0.838. The molecule has 2 N–H and O–H groups in total. The maximum atomic E-state index is 5.81. The number of hydrogen-bond donors (Lipinski definition) is 1. The van der Waals surface area contributed by atoms with Gasteiger partial charge in [-0.05, 0) is 62.4 Å². The zero-order chi connectivity index (χ0) is 13.0. The minimum absolute atomic E-state index is 0.367. The topological polar surface area (TPSA) is 44.5 Å². The maximum Gasteiger partial charge on any atom is 0.147 e. The number of rotatable bonds is 5. The molecule has 1 fully saturated rings.